The summed E-state index contributed by atoms with van der Waals surface area (Å²) in [7, 11) is 1.66. The van der Waals surface area contributed by atoms with Crippen LogP contribution in [0.2, 0.25) is 0 Å². The number of hydrogen-bond acceptors (Lipinski definition) is 5. The van der Waals surface area contributed by atoms with Crippen molar-refractivity contribution in [3.05, 3.63) is 64.4 Å². The summed E-state index contributed by atoms with van der Waals surface area (Å²) < 4.78 is 12.5. The summed E-state index contributed by atoms with van der Waals surface area (Å²) in [4.78, 5) is 17.7. The Bertz CT molecular complexity index is 956. The van der Waals surface area contributed by atoms with Gasteiger partial charge in [-0.1, -0.05) is 36.0 Å². The normalized spacial score (nSPS) is 11.0. The minimum absolute atomic E-state index is 0.00485. The fourth-order valence-corrected chi connectivity index (χ4v) is 3.80. The summed E-state index contributed by atoms with van der Waals surface area (Å²) in [6.45, 7) is 3.88. The van der Waals surface area contributed by atoms with Gasteiger partial charge in [-0.2, -0.15) is 0 Å². The minimum Gasteiger partial charge on any atom is -0.497 e. The molecule has 0 unspecified atom stereocenters. The summed E-state index contributed by atoms with van der Waals surface area (Å²) in [5.41, 5.74) is 1.87. The zero-order valence-electron chi connectivity index (χ0n) is 15.7. The SMILES string of the molecule is CCOCCCn1c(SCc2cccc(OC)c2)nc2ccccc2c1=O. The van der Waals surface area contributed by atoms with Crippen LogP contribution in [0.1, 0.15) is 18.9 Å². The van der Waals surface area contributed by atoms with E-state index in [9.17, 15) is 4.79 Å². The van der Waals surface area contributed by atoms with E-state index in [0.717, 1.165) is 28.4 Å². The number of benzene rings is 2. The third kappa shape index (κ3) is 4.90. The Balaban J connectivity index is 1.87. The molecule has 0 aliphatic carbocycles. The van der Waals surface area contributed by atoms with Crippen LogP contribution < -0.4 is 10.3 Å². The molecule has 5 nitrogen and oxygen atoms in total. The first-order chi connectivity index (χ1) is 13.2. The number of fused-ring (bicyclic) bond motifs is 1. The van der Waals surface area contributed by atoms with E-state index >= 15 is 0 Å². The number of hydrogen-bond donors (Lipinski definition) is 0. The van der Waals surface area contributed by atoms with E-state index in [1.165, 1.54) is 0 Å². The lowest BCUT2D eigenvalue weighted by Crippen LogP contribution is -2.24. The molecule has 0 saturated heterocycles. The van der Waals surface area contributed by atoms with Gasteiger partial charge in [0.25, 0.3) is 5.56 Å². The number of thioether (sulfide) groups is 1. The molecule has 3 aromatic rings. The Morgan fingerprint density at radius 3 is 2.81 bits per heavy atom. The topological polar surface area (TPSA) is 53.4 Å². The third-order valence-electron chi connectivity index (χ3n) is 4.20. The van der Waals surface area contributed by atoms with E-state index < -0.39 is 0 Å². The highest BCUT2D eigenvalue weighted by molar-refractivity contribution is 7.98. The van der Waals surface area contributed by atoms with Gasteiger partial charge in [-0.05, 0) is 43.2 Å². The number of nitrogens with zero attached hydrogens (tertiary/aromatic N) is 2. The zero-order valence-corrected chi connectivity index (χ0v) is 16.5. The number of para-hydroxylation sites is 1. The standard InChI is InChI=1S/C21H24N2O3S/c1-3-26-13-7-12-23-20(24)18-10-4-5-11-19(18)22-21(23)27-15-16-8-6-9-17(14-16)25-2/h4-6,8-11,14H,3,7,12-13,15H2,1-2H3. The maximum Gasteiger partial charge on any atom is 0.262 e. The fraction of sp³-hybridized carbons (Fsp3) is 0.333. The Labute approximate surface area is 163 Å². The van der Waals surface area contributed by atoms with Crippen LogP contribution in [0.4, 0.5) is 0 Å². The number of ether oxygens (including phenoxy) is 2. The van der Waals surface area contributed by atoms with Crippen LogP contribution in [0.3, 0.4) is 0 Å². The van der Waals surface area contributed by atoms with Crippen molar-refractivity contribution in [3.8, 4) is 5.75 Å². The predicted octanol–water partition coefficient (Wildman–Crippen LogP) is 4.12. The minimum atomic E-state index is 0.00485. The van der Waals surface area contributed by atoms with Gasteiger partial charge in [0.15, 0.2) is 5.16 Å². The predicted molar refractivity (Wildman–Crippen MR) is 110 cm³/mol. The average Bonchev–Trinajstić information content (AvgIpc) is 2.71. The molecule has 1 heterocycles. The van der Waals surface area contributed by atoms with Crippen molar-refractivity contribution in [1.82, 2.24) is 9.55 Å². The van der Waals surface area contributed by atoms with Crippen LogP contribution in [0.25, 0.3) is 10.9 Å². The quantitative estimate of drug-likeness (QED) is 0.315. The molecule has 6 heteroatoms. The summed E-state index contributed by atoms with van der Waals surface area (Å²) in [6, 6.07) is 15.4. The second kappa shape index (κ2) is 9.58. The average molecular weight is 385 g/mol. The van der Waals surface area contributed by atoms with Crippen molar-refractivity contribution >= 4 is 22.7 Å². The monoisotopic (exact) mass is 384 g/mol. The maximum absolute atomic E-state index is 13.0. The molecule has 0 N–H and O–H groups in total. The van der Waals surface area contributed by atoms with Crippen LogP contribution in [0.5, 0.6) is 5.75 Å². The molecule has 0 fully saturated rings. The van der Waals surface area contributed by atoms with Gasteiger partial charge in [-0.15, -0.1) is 0 Å². The molecule has 0 bridgehead atoms. The molecule has 1 aromatic heterocycles. The van der Waals surface area contributed by atoms with E-state index in [-0.39, 0.29) is 5.56 Å². The largest absolute Gasteiger partial charge is 0.497 e. The van der Waals surface area contributed by atoms with Crippen molar-refractivity contribution in [1.29, 1.82) is 0 Å². The van der Waals surface area contributed by atoms with Crippen LogP contribution in [-0.4, -0.2) is 29.9 Å². The molecule has 3 rings (SSSR count). The Morgan fingerprint density at radius 1 is 1.15 bits per heavy atom. The van der Waals surface area contributed by atoms with Crippen molar-refractivity contribution in [3.63, 3.8) is 0 Å². The van der Waals surface area contributed by atoms with Crippen molar-refractivity contribution < 1.29 is 9.47 Å². The third-order valence-corrected chi connectivity index (χ3v) is 5.25. The summed E-state index contributed by atoms with van der Waals surface area (Å²) >= 11 is 1.57. The smallest absolute Gasteiger partial charge is 0.262 e. The van der Waals surface area contributed by atoms with Gasteiger partial charge in [0.05, 0.1) is 18.0 Å². The molecule has 0 atom stereocenters. The first-order valence-corrected chi connectivity index (χ1v) is 10.0. The van der Waals surface area contributed by atoms with Crippen molar-refractivity contribution in [2.75, 3.05) is 20.3 Å². The van der Waals surface area contributed by atoms with Gasteiger partial charge < -0.3 is 9.47 Å². The second-order valence-corrected chi connectivity index (χ2v) is 7.00. The Morgan fingerprint density at radius 2 is 2.00 bits per heavy atom. The highest BCUT2D eigenvalue weighted by Gasteiger charge is 2.11. The first-order valence-electron chi connectivity index (χ1n) is 9.06. The van der Waals surface area contributed by atoms with Gasteiger partial charge in [0.2, 0.25) is 0 Å². The van der Waals surface area contributed by atoms with E-state index in [0.29, 0.717) is 30.9 Å². The molecule has 0 radical (unpaired) electrons. The molecule has 142 valence electrons. The van der Waals surface area contributed by atoms with Crippen LogP contribution >= 0.6 is 11.8 Å². The molecular weight excluding hydrogens is 360 g/mol. The first kappa shape index (κ1) is 19.5. The lowest BCUT2D eigenvalue weighted by atomic mass is 10.2. The number of methoxy groups -OCH3 is 1. The van der Waals surface area contributed by atoms with E-state index in [4.69, 9.17) is 14.5 Å². The lowest BCUT2D eigenvalue weighted by molar-refractivity contribution is 0.140. The van der Waals surface area contributed by atoms with Crippen LogP contribution in [0.15, 0.2) is 58.5 Å². The highest BCUT2D eigenvalue weighted by atomic mass is 32.2. The van der Waals surface area contributed by atoms with Crippen molar-refractivity contribution in [2.45, 2.75) is 30.8 Å². The molecule has 0 spiro atoms. The van der Waals surface area contributed by atoms with E-state index in [1.54, 1.807) is 23.4 Å². The number of aromatic nitrogens is 2. The number of rotatable bonds is 9. The van der Waals surface area contributed by atoms with E-state index in [1.807, 2.05) is 55.5 Å². The van der Waals surface area contributed by atoms with Gasteiger partial charge in [0.1, 0.15) is 5.75 Å². The zero-order chi connectivity index (χ0) is 19.1. The molecule has 0 aliphatic heterocycles. The summed E-state index contributed by atoms with van der Waals surface area (Å²) in [6.07, 6.45) is 0.778. The molecule has 0 aliphatic rings. The van der Waals surface area contributed by atoms with Crippen LogP contribution in [0, 0.1) is 0 Å². The van der Waals surface area contributed by atoms with Crippen LogP contribution in [-0.2, 0) is 17.0 Å². The lowest BCUT2D eigenvalue weighted by Gasteiger charge is -2.13. The van der Waals surface area contributed by atoms with Gasteiger partial charge in [-0.3, -0.25) is 9.36 Å². The molecule has 27 heavy (non-hydrogen) atoms. The highest BCUT2D eigenvalue weighted by Crippen LogP contribution is 2.24. The van der Waals surface area contributed by atoms with Gasteiger partial charge in [-0.25, -0.2) is 4.98 Å². The Kier molecular flexibility index (Phi) is 6.90. The summed E-state index contributed by atoms with van der Waals surface area (Å²) in [5, 5.41) is 1.39. The second-order valence-electron chi connectivity index (χ2n) is 6.06. The van der Waals surface area contributed by atoms with Gasteiger partial charge in [0, 0.05) is 25.5 Å². The summed E-state index contributed by atoms with van der Waals surface area (Å²) in [5.74, 6) is 1.54. The molecule has 0 saturated carbocycles. The molecule has 0 amide bonds. The molecular formula is C21H24N2O3S. The molecule has 2 aromatic carbocycles. The van der Waals surface area contributed by atoms with Gasteiger partial charge >= 0.3 is 0 Å². The van der Waals surface area contributed by atoms with E-state index in [2.05, 4.69) is 0 Å². The Hall–Kier alpha value is -2.31. The van der Waals surface area contributed by atoms with Crippen molar-refractivity contribution in [2.24, 2.45) is 0 Å². The maximum atomic E-state index is 13.0. The fourth-order valence-electron chi connectivity index (χ4n) is 2.83.